The lowest BCUT2D eigenvalue weighted by Crippen LogP contribution is -2.38. The minimum atomic E-state index is 0.273. The Bertz CT molecular complexity index is 563. The molecule has 0 aliphatic carbocycles. The molecule has 0 amide bonds. The molecule has 140 valence electrons. The minimum Gasteiger partial charge on any atom is -0.375 e. The number of nitrogens with zero attached hydrogens (tertiary/aromatic N) is 2. The summed E-state index contributed by atoms with van der Waals surface area (Å²) in [6, 6.07) is 0.751. The van der Waals surface area contributed by atoms with Gasteiger partial charge in [0, 0.05) is 23.8 Å². The number of nitrogens with one attached hydrogen (secondary N) is 2. The van der Waals surface area contributed by atoms with Crippen LogP contribution in [0.5, 0.6) is 0 Å². The van der Waals surface area contributed by atoms with Gasteiger partial charge in [-0.05, 0) is 60.3 Å². The van der Waals surface area contributed by atoms with Crippen molar-refractivity contribution < 1.29 is 9.47 Å². The van der Waals surface area contributed by atoms with E-state index in [0.717, 1.165) is 37.1 Å². The Morgan fingerprint density at radius 1 is 0.840 bits per heavy atom. The fourth-order valence-electron chi connectivity index (χ4n) is 4.08. The zero-order valence-corrected chi connectivity index (χ0v) is 16.1. The Morgan fingerprint density at radius 2 is 1.32 bits per heavy atom. The van der Waals surface area contributed by atoms with E-state index < -0.39 is 0 Å². The monoisotopic (exact) mass is 348 g/mol. The highest BCUT2D eigenvalue weighted by atomic mass is 16.5. The van der Waals surface area contributed by atoms with E-state index in [9.17, 15) is 0 Å². The van der Waals surface area contributed by atoms with Gasteiger partial charge < -0.3 is 20.1 Å². The summed E-state index contributed by atoms with van der Waals surface area (Å²) in [5.74, 6) is 1.63. The van der Waals surface area contributed by atoms with Crippen molar-refractivity contribution in [3.8, 4) is 0 Å². The summed E-state index contributed by atoms with van der Waals surface area (Å²) in [6.07, 6.45) is 6.99. The molecule has 2 N–H and O–H groups in total. The van der Waals surface area contributed by atoms with E-state index in [1.807, 2.05) is 6.20 Å². The third-order valence-corrected chi connectivity index (χ3v) is 5.04. The summed E-state index contributed by atoms with van der Waals surface area (Å²) in [7, 11) is 0. The van der Waals surface area contributed by atoms with E-state index in [0.29, 0.717) is 18.0 Å². The van der Waals surface area contributed by atoms with Crippen LogP contribution >= 0.6 is 0 Å². The van der Waals surface area contributed by atoms with Gasteiger partial charge in [0.15, 0.2) is 0 Å². The van der Waals surface area contributed by atoms with Crippen molar-refractivity contribution in [2.24, 2.45) is 0 Å². The Kier molecular flexibility index (Phi) is 5.79. The number of aryl methyl sites for hydroxylation is 1. The third kappa shape index (κ3) is 5.05. The lowest BCUT2D eigenvalue weighted by molar-refractivity contribution is -0.0340. The summed E-state index contributed by atoms with van der Waals surface area (Å²) in [4.78, 5) is 9.22. The van der Waals surface area contributed by atoms with E-state index in [2.05, 4.69) is 50.2 Å². The highest BCUT2D eigenvalue weighted by molar-refractivity contribution is 5.47. The first-order valence-electron chi connectivity index (χ1n) is 9.56. The van der Waals surface area contributed by atoms with Gasteiger partial charge in [-0.1, -0.05) is 0 Å². The molecule has 0 aromatic carbocycles. The van der Waals surface area contributed by atoms with Gasteiger partial charge in [-0.25, -0.2) is 4.98 Å². The molecule has 2 aliphatic heterocycles. The Hall–Kier alpha value is -1.40. The standard InChI is InChI=1S/C19H32N4O2/c1-11-10-20-19(22-17-8-14(4)25-15(5)9-17)23-18(11)21-16-6-12(2)24-13(3)7-16/h10,12-17H,6-9H2,1-5H3,(H2,20,21,22,23)/t12-,13+,14-,15+,16?,17?. The molecule has 3 heterocycles. The number of rotatable bonds is 4. The molecule has 2 fully saturated rings. The molecule has 1 aromatic rings. The van der Waals surface area contributed by atoms with Crippen LogP contribution in [0.15, 0.2) is 6.20 Å². The lowest BCUT2D eigenvalue weighted by atomic mass is 10.00. The summed E-state index contributed by atoms with van der Waals surface area (Å²) >= 11 is 0. The van der Waals surface area contributed by atoms with Gasteiger partial charge in [-0.15, -0.1) is 0 Å². The summed E-state index contributed by atoms with van der Waals surface area (Å²) in [5, 5.41) is 7.11. The first-order valence-corrected chi connectivity index (χ1v) is 9.56. The molecule has 0 saturated carbocycles. The maximum absolute atomic E-state index is 5.83. The van der Waals surface area contributed by atoms with Crippen molar-refractivity contribution in [1.82, 2.24) is 9.97 Å². The first kappa shape index (κ1) is 18.4. The van der Waals surface area contributed by atoms with Gasteiger partial charge >= 0.3 is 0 Å². The highest BCUT2D eigenvalue weighted by Gasteiger charge is 2.26. The number of aromatic nitrogens is 2. The Labute approximate surface area is 151 Å². The normalized spacial score (nSPS) is 36.0. The molecule has 0 radical (unpaired) electrons. The fourth-order valence-corrected chi connectivity index (χ4v) is 4.08. The fraction of sp³-hybridized carbons (Fsp3) is 0.789. The largest absolute Gasteiger partial charge is 0.375 e. The van der Waals surface area contributed by atoms with Crippen LogP contribution in [-0.4, -0.2) is 46.5 Å². The van der Waals surface area contributed by atoms with E-state index >= 15 is 0 Å². The van der Waals surface area contributed by atoms with Crippen molar-refractivity contribution in [1.29, 1.82) is 0 Å². The van der Waals surface area contributed by atoms with E-state index in [-0.39, 0.29) is 24.4 Å². The maximum Gasteiger partial charge on any atom is 0.224 e. The van der Waals surface area contributed by atoms with Gasteiger partial charge in [0.1, 0.15) is 5.82 Å². The van der Waals surface area contributed by atoms with Crippen LogP contribution in [0.4, 0.5) is 11.8 Å². The smallest absolute Gasteiger partial charge is 0.224 e. The van der Waals surface area contributed by atoms with Crippen molar-refractivity contribution in [2.45, 2.75) is 96.8 Å². The second-order valence-corrected chi connectivity index (χ2v) is 7.87. The predicted molar refractivity (Wildman–Crippen MR) is 100 cm³/mol. The third-order valence-electron chi connectivity index (χ3n) is 5.04. The van der Waals surface area contributed by atoms with Gasteiger partial charge in [0.25, 0.3) is 0 Å². The Morgan fingerprint density at radius 3 is 1.84 bits per heavy atom. The van der Waals surface area contributed by atoms with Crippen LogP contribution in [0.3, 0.4) is 0 Å². The van der Waals surface area contributed by atoms with Crippen LogP contribution in [0.25, 0.3) is 0 Å². The van der Waals surface area contributed by atoms with Crippen LogP contribution in [0, 0.1) is 6.92 Å². The van der Waals surface area contributed by atoms with E-state index in [1.54, 1.807) is 0 Å². The molecule has 0 spiro atoms. The molecule has 6 nitrogen and oxygen atoms in total. The molecule has 2 saturated heterocycles. The molecule has 6 atom stereocenters. The first-order chi connectivity index (χ1) is 11.9. The minimum absolute atomic E-state index is 0.273. The zero-order valence-electron chi connectivity index (χ0n) is 16.1. The van der Waals surface area contributed by atoms with Crippen LogP contribution in [-0.2, 0) is 9.47 Å². The molecule has 1 aromatic heterocycles. The van der Waals surface area contributed by atoms with Crippen molar-refractivity contribution >= 4 is 11.8 Å². The van der Waals surface area contributed by atoms with Crippen LogP contribution in [0.2, 0.25) is 0 Å². The topological polar surface area (TPSA) is 68.3 Å². The second-order valence-electron chi connectivity index (χ2n) is 7.87. The number of hydrogen-bond donors (Lipinski definition) is 2. The number of hydrogen-bond acceptors (Lipinski definition) is 6. The number of ether oxygens (including phenoxy) is 2. The van der Waals surface area contributed by atoms with E-state index in [4.69, 9.17) is 14.5 Å². The van der Waals surface area contributed by atoms with Crippen LogP contribution in [0.1, 0.15) is 58.9 Å². The van der Waals surface area contributed by atoms with Gasteiger partial charge in [0.05, 0.1) is 24.4 Å². The summed E-state index contributed by atoms with van der Waals surface area (Å²) in [6.45, 7) is 10.6. The summed E-state index contributed by atoms with van der Waals surface area (Å²) < 4.78 is 11.6. The molecule has 2 unspecified atom stereocenters. The average Bonchev–Trinajstić information content (AvgIpc) is 2.48. The molecule has 25 heavy (non-hydrogen) atoms. The van der Waals surface area contributed by atoms with Gasteiger partial charge in [-0.2, -0.15) is 4.98 Å². The molecular formula is C19H32N4O2. The van der Waals surface area contributed by atoms with Crippen molar-refractivity contribution in [3.63, 3.8) is 0 Å². The molecule has 3 rings (SSSR count). The second kappa shape index (κ2) is 7.87. The molecule has 2 aliphatic rings. The van der Waals surface area contributed by atoms with Gasteiger partial charge in [-0.3, -0.25) is 0 Å². The molecule has 0 bridgehead atoms. The average molecular weight is 348 g/mol. The highest BCUT2D eigenvalue weighted by Crippen LogP contribution is 2.25. The van der Waals surface area contributed by atoms with Crippen LogP contribution < -0.4 is 10.6 Å². The van der Waals surface area contributed by atoms with E-state index in [1.165, 1.54) is 0 Å². The Balaban J connectivity index is 1.66. The van der Waals surface area contributed by atoms with Crippen molar-refractivity contribution in [3.05, 3.63) is 11.8 Å². The summed E-state index contributed by atoms with van der Waals surface area (Å²) in [5.41, 5.74) is 1.08. The zero-order chi connectivity index (χ0) is 18.0. The SMILES string of the molecule is Cc1cnc(NC2C[C@@H](C)O[C@@H](C)C2)nc1NC1C[C@@H](C)O[C@@H](C)C1. The van der Waals surface area contributed by atoms with Gasteiger partial charge in [0.2, 0.25) is 5.95 Å². The molecular weight excluding hydrogens is 316 g/mol. The van der Waals surface area contributed by atoms with Crippen molar-refractivity contribution in [2.75, 3.05) is 10.6 Å². The molecule has 6 heteroatoms. The maximum atomic E-state index is 5.83. The number of anilines is 2. The quantitative estimate of drug-likeness (QED) is 0.868. The predicted octanol–water partition coefficient (Wildman–Crippen LogP) is 3.52. The lowest BCUT2D eigenvalue weighted by Gasteiger charge is -2.33.